The fourth-order valence-corrected chi connectivity index (χ4v) is 4.74. The van der Waals surface area contributed by atoms with Gasteiger partial charge in [-0.2, -0.15) is 11.8 Å². The number of rotatable bonds is 6. The molecule has 0 aromatic carbocycles. The van der Waals surface area contributed by atoms with Gasteiger partial charge in [0.25, 0.3) is 0 Å². The van der Waals surface area contributed by atoms with Gasteiger partial charge in [-0.3, -0.25) is 4.99 Å². The highest BCUT2D eigenvalue weighted by Crippen LogP contribution is 2.28. The lowest BCUT2D eigenvalue weighted by Crippen LogP contribution is -2.45. The van der Waals surface area contributed by atoms with Crippen LogP contribution in [0, 0.1) is 0 Å². The minimum Gasteiger partial charge on any atom is -0.354 e. The van der Waals surface area contributed by atoms with Gasteiger partial charge >= 0.3 is 0 Å². The standard InChI is InChI=1S/C16H28N4S2.HI/c1-4-15-19-13(11-22-15)10-18-16(17-3)20-12-7-6-8-14(9-12)21-5-2;/h11-12,14H,4-10H2,1-3H3,(H2,17,18,20);1H. The zero-order valence-electron chi connectivity index (χ0n) is 14.3. The summed E-state index contributed by atoms with van der Waals surface area (Å²) in [5.74, 6) is 2.12. The molecule has 23 heavy (non-hydrogen) atoms. The Hall–Kier alpha value is -0.0200. The predicted octanol–water partition coefficient (Wildman–Crippen LogP) is 4.05. The van der Waals surface area contributed by atoms with E-state index >= 15 is 0 Å². The second-order valence-corrected chi connectivity index (χ2v) is 8.12. The van der Waals surface area contributed by atoms with Crippen molar-refractivity contribution in [3.8, 4) is 0 Å². The Morgan fingerprint density at radius 1 is 1.43 bits per heavy atom. The molecule has 0 aliphatic heterocycles. The lowest BCUT2D eigenvalue weighted by molar-refractivity contribution is 0.418. The Labute approximate surface area is 165 Å². The van der Waals surface area contributed by atoms with Crippen molar-refractivity contribution in [2.24, 2.45) is 4.99 Å². The van der Waals surface area contributed by atoms with E-state index in [0.717, 1.165) is 29.9 Å². The molecule has 1 heterocycles. The van der Waals surface area contributed by atoms with Crippen LogP contribution in [-0.2, 0) is 13.0 Å². The number of hydrogen-bond acceptors (Lipinski definition) is 4. The second kappa shape index (κ2) is 11.5. The molecular weight excluding hydrogens is 439 g/mol. The van der Waals surface area contributed by atoms with Crippen LogP contribution < -0.4 is 10.6 Å². The molecule has 2 N–H and O–H groups in total. The number of nitrogens with zero attached hydrogens (tertiary/aromatic N) is 2. The molecule has 2 unspecified atom stereocenters. The number of aromatic nitrogens is 1. The molecule has 2 rings (SSSR count). The number of thioether (sulfide) groups is 1. The molecule has 1 aromatic heterocycles. The first kappa shape index (κ1) is 21.0. The first-order valence-electron chi connectivity index (χ1n) is 8.27. The minimum atomic E-state index is 0. The average Bonchev–Trinajstić information content (AvgIpc) is 3.00. The molecule has 0 bridgehead atoms. The maximum Gasteiger partial charge on any atom is 0.191 e. The Bertz CT molecular complexity index is 476. The summed E-state index contributed by atoms with van der Waals surface area (Å²) in [6, 6.07) is 0.547. The lowest BCUT2D eigenvalue weighted by Gasteiger charge is -2.30. The average molecular weight is 468 g/mol. The number of aryl methyl sites for hydroxylation is 1. The van der Waals surface area contributed by atoms with E-state index in [4.69, 9.17) is 0 Å². The van der Waals surface area contributed by atoms with Crippen LogP contribution in [0.1, 0.15) is 50.2 Å². The maximum absolute atomic E-state index is 4.59. The molecule has 1 aromatic rings. The number of aliphatic imine (C=N–C) groups is 1. The van der Waals surface area contributed by atoms with E-state index in [2.05, 4.69) is 51.6 Å². The zero-order valence-corrected chi connectivity index (χ0v) is 18.3. The van der Waals surface area contributed by atoms with Crippen molar-refractivity contribution >= 4 is 53.0 Å². The Balaban J connectivity index is 0.00000264. The van der Waals surface area contributed by atoms with Gasteiger partial charge in [0, 0.05) is 23.7 Å². The zero-order chi connectivity index (χ0) is 15.8. The van der Waals surface area contributed by atoms with Gasteiger partial charge in [0.05, 0.1) is 17.2 Å². The van der Waals surface area contributed by atoms with Crippen LogP contribution in [0.25, 0.3) is 0 Å². The summed E-state index contributed by atoms with van der Waals surface area (Å²) in [6.45, 7) is 5.14. The summed E-state index contributed by atoms with van der Waals surface area (Å²) in [5.41, 5.74) is 1.10. The fourth-order valence-electron chi connectivity index (χ4n) is 2.82. The highest BCUT2D eigenvalue weighted by atomic mass is 127. The van der Waals surface area contributed by atoms with Crippen molar-refractivity contribution in [1.82, 2.24) is 15.6 Å². The molecule has 2 atom stereocenters. The fraction of sp³-hybridized carbons (Fsp3) is 0.750. The van der Waals surface area contributed by atoms with Crippen molar-refractivity contribution in [1.29, 1.82) is 0 Å². The molecule has 1 aliphatic carbocycles. The topological polar surface area (TPSA) is 49.3 Å². The number of guanidine groups is 1. The van der Waals surface area contributed by atoms with Crippen molar-refractivity contribution in [3.63, 3.8) is 0 Å². The van der Waals surface area contributed by atoms with Crippen LogP contribution in [0.15, 0.2) is 10.4 Å². The highest BCUT2D eigenvalue weighted by Gasteiger charge is 2.22. The van der Waals surface area contributed by atoms with Crippen molar-refractivity contribution in [2.75, 3.05) is 12.8 Å². The maximum atomic E-state index is 4.59. The third-order valence-electron chi connectivity index (χ3n) is 3.93. The van der Waals surface area contributed by atoms with E-state index in [1.807, 2.05) is 7.05 Å². The monoisotopic (exact) mass is 468 g/mol. The van der Waals surface area contributed by atoms with E-state index in [0.29, 0.717) is 6.04 Å². The van der Waals surface area contributed by atoms with Crippen molar-refractivity contribution in [3.05, 3.63) is 16.1 Å². The van der Waals surface area contributed by atoms with Gasteiger partial charge in [-0.15, -0.1) is 35.3 Å². The highest BCUT2D eigenvalue weighted by molar-refractivity contribution is 14.0. The smallest absolute Gasteiger partial charge is 0.191 e. The van der Waals surface area contributed by atoms with Gasteiger partial charge in [0.1, 0.15) is 0 Å². The van der Waals surface area contributed by atoms with Crippen LogP contribution in [0.4, 0.5) is 0 Å². The third kappa shape index (κ3) is 7.17. The van der Waals surface area contributed by atoms with Crippen LogP contribution in [0.3, 0.4) is 0 Å². The van der Waals surface area contributed by atoms with Crippen molar-refractivity contribution in [2.45, 2.75) is 63.8 Å². The van der Waals surface area contributed by atoms with Gasteiger partial charge in [-0.1, -0.05) is 20.3 Å². The summed E-state index contributed by atoms with van der Waals surface area (Å²) >= 11 is 3.83. The predicted molar refractivity (Wildman–Crippen MR) is 114 cm³/mol. The quantitative estimate of drug-likeness (QED) is 0.376. The van der Waals surface area contributed by atoms with E-state index in [1.54, 1.807) is 11.3 Å². The molecule has 1 saturated carbocycles. The molecule has 0 amide bonds. The van der Waals surface area contributed by atoms with Crippen molar-refractivity contribution < 1.29 is 0 Å². The van der Waals surface area contributed by atoms with Crippen LogP contribution in [-0.4, -0.2) is 35.0 Å². The number of thiazole rings is 1. The summed E-state index contributed by atoms with van der Waals surface area (Å²) in [6.07, 6.45) is 6.18. The largest absolute Gasteiger partial charge is 0.354 e. The summed E-state index contributed by atoms with van der Waals surface area (Å²) in [7, 11) is 1.84. The van der Waals surface area contributed by atoms with E-state index in [9.17, 15) is 0 Å². The third-order valence-corrected chi connectivity index (χ3v) is 6.21. The number of halogens is 1. The van der Waals surface area contributed by atoms with Gasteiger partial charge in [0.15, 0.2) is 5.96 Å². The number of nitrogens with one attached hydrogen (secondary N) is 2. The van der Waals surface area contributed by atoms with Gasteiger partial charge in [-0.05, 0) is 31.4 Å². The SMILES string of the molecule is CCSC1CCCC(NC(=NC)NCc2csc(CC)n2)C1.I. The first-order valence-corrected chi connectivity index (χ1v) is 10.2. The summed E-state index contributed by atoms with van der Waals surface area (Å²) in [4.78, 5) is 8.95. The lowest BCUT2D eigenvalue weighted by atomic mass is 9.95. The molecule has 4 nitrogen and oxygen atoms in total. The van der Waals surface area contributed by atoms with Gasteiger partial charge in [-0.25, -0.2) is 4.98 Å². The summed E-state index contributed by atoms with van der Waals surface area (Å²) in [5, 5.41) is 11.1. The van der Waals surface area contributed by atoms with Gasteiger partial charge in [0.2, 0.25) is 0 Å². The molecule has 132 valence electrons. The Kier molecular flexibility index (Phi) is 10.5. The van der Waals surface area contributed by atoms with Crippen LogP contribution in [0.5, 0.6) is 0 Å². The molecular formula is C16H29IN4S2. The second-order valence-electron chi connectivity index (χ2n) is 5.60. The molecule has 0 spiro atoms. The molecule has 0 radical (unpaired) electrons. The minimum absolute atomic E-state index is 0. The molecule has 7 heteroatoms. The molecule has 1 fully saturated rings. The Morgan fingerprint density at radius 3 is 2.91 bits per heavy atom. The van der Waals surface area contributed by atoms with E-state index < -0.39 is 0 Å². The normalized spacial score (nSPS) is 21.6. The van der Waals surface area contributed by atoms with E-state index in [1.165, 1.54) is 36.4 Å². The van der Waals surface area contributed by atoms with Gasteiger partial charge < -0.3 is 10.6 Å². The Morgan fingerprint density at radius 2 is 2.26 bits per heavy atom. The number of hydrogen-bond donors (Lipinski definition) is 2. The first-order chi connectivity index (χ1) is 10.7. The van der Waals surface area contributed by atoms with E-state index in [-0.39, 0.29) is 24.0 Å². The summed E-state index contributed by atoms with van der Waals surface area (Å²) < 4.78 is 0. The van der Waals surface area contributed by atoms with Crippen LogP contribution >= 0.6 is 47.1 Å². The molecule has 0 saturated heterocycles. The molecule has 1 aliphatic rings. The van der Waals surface area contributed by atoms with Crippen LogP contribution in [0.2, 0.25) is 0 Å².